The second-order valence-electron chi connectivity index (χ2n) is 3.07. The first-order chi connectivity index (χ1) is 6.25. The maximum atomic E-state index is 11.1. The average molecular weight is 194 g/mol. The van der Waals surface area contributed by atoms with Gasteiger partial charge in [0, 0.05) is 5.56 Å². The Morgan fingerprint density at radius 1 is 1.38 bits per heavy atom. The SMILES string of the molecule is CCCCc1ccccc1C(=O)S. The first-order valence-corrected chi connectivity index (χ1v) is 5.01. The summed E-state index contributed by atoms with van der Waals surface area (Å²) in [6.45, 7) is 2.14. The zero-order chi connectivity index (χ0) is 9.68. The van der Waals surface area contributed by atoms with Gasteiger partial charge in [0.15, 0.2) is 0 Å². The van der Waals surface area contributed by atoms with Crippen LogP contribution in [0, 0.1) is 0 Å². The molecule has 0 saturated heterocycles. The molecule has 0 amide bonds. The summed E-state index contributed by atoms with van der Waals surface area (Å²) in [7, 11) is 0. The number of unbranched alkanes of at least 4 members (excludes halogenated alkanes) is 1. The van der Waals surface area contributed by atoms with Crippen molar-refractivity contribution in [1.29, 1.82) is 0 Å². The fourth-order valence-corrected chi connectivity index (χ4v) is 1.53. The van der Waals surface area contributed by atoms with Crippen molar-refractivity contribution in [2.75, 3.05) is 0 Å². The molecule has 0 heterocycles. The van der Waals surface area contributed by atoms with Crippen LogP contribution in [0.25, 0.3) is 0 Å². The van der Waals surface area contributed by atoms with Crippen LogP contribution in [0.2, 0.25) is 0 Å². The Morgan fingerprint density at radius 3 is 2.69 bits per heavy atom. The quantitative estimate of drug-likeness (QED) is 0.729. The first-order valence-electron chi connectivity index (χ1n) is 4.57. The molecule has 2 heteroatoms. The third kappa shape index (κ3) is 2.88. The number of hydrogen-bond donors (Lipinski definition) is 1. The van der Waals surface area contributed by atoms with Crippen LogP contribution in [-0.4, -0.2) is 5.12 Å². The highest BCUT2D eigenvalue weighted by Crippen LogP contribution is 2.13. The van der Waals surface area contributed by atoms with Gasteiger partial charge in [0.25, 0.3) is 0 Å². The molecule has 1 nitrogen and oxygen atoms in total. The molecule has 13 heavy (non-hydrogen) atoms. The van der Waals surface area contributed by atoms with Crippen molar-refractivity contribution < 1.29 is 4.79 Å². The van der Waals surface area contributed by atoms with E-state index in [4.69, 9.17) is 0 Å². The standard InChI is InChI=1S/C11H14OS/c1-2-3-6-9-7-4-5-8-10(9)11(12)13/h4-5,7-8H,2-3,6H2,1H3,(H,12,13). The van der Waals surface area contributed by atoms with Crippen molar-refractivity contribution in [3.8, 4) is 0 Å². The second kappa shape index (κ2) is 5.07. The van der Waals surface area contributed by atoms with Gasteiger partial charge in [-0.2, -0.15) is 0 Å². The Morgan fingerprint density at radius 2 is 2.08 bits per heavy atom. The van der Waals surface area contributed by atoms with Gasteiger partial charge in [0.05, 0.1) is 0 Å². The average Bonchev–Trinajstić information content (AvgIpc) is 2.15. The van der Waals surface area contributed by atoms with E-state index in [0.717, 1.165) is 30.4 Å². The lowest BCUT2D eigenvalue weighted by Gasteiger charge is -2.04. The van der Waals surface area contributed by atoms with E-state index in [2.05, 4.69) is 19.6 Å². The van der Waals surface area contributed by atoms with Crippen LogP contribution in [0.4, 0.5) is 0 Å². The van der Waals surface area contributed by atoms with Crippen molar-refractivity contribution in [3.63, 3.8) is 0 Å². The Balaban J connectivity index is 2.84. The molecule has 1 aromatic carbocycles. The monoisotopic (exact) mass is 194 g/mol. The molecule has 0 spiro atoms. The van der Waals surface area contributed by atoms with E-state index in [0.29, 0.717) is 0 Å². The predicted molar refractivity (Wildman–Crippen MR) is 58.4 cm³/mol. The van der Waals surface area contributed by atoms with Gasteiger partial charge in [-0.25, -0.2) is 0 Å². The molecular weight excluding hydrogens is 180 g/mol. The van der Waals surface area contributed by atoms with E-state index in [1.165, 1.54) is 0 Å². The van der Waals surface area contributed by atoms with Crippen molar-refractivity contribution in [3.05, 3.63) is 35.4 Å². The number of carbonyl (C=O) groups is 1. The minimum Gasteiger partial charge on any atom is -0.282 e. The van der Waals surface area contributed by atoms with Gasteiger partial charge in [0.1, 0.15) is 0 Å². The number of benzene rings is 1. The summed E-state index contributed by atoms with van der Waals surface area (Å²) in [6, 6.07) is 7.67. The molecule has 0 bridgehead atoms. The Hall–Kier alpha value is -0.760. The lowest BCUT2D eigenvalue weighted by atomic mass is 10.0. The summed E-state index contributed by atoms with van der Waals surface area (Å²) >= 11 is 3.84. The molecule has 0 aliphatic rings. The van der Waals surface area contributed by atoms with Crippen molar-refractivity contribution in [2.24, 2.45) is 0 Å². The number of thiol groups is 1. The molecular formula is C11H14OS. The van der Waals surface area contributed by atoms with Crippen molar-refractivity contribution in [2.45, 2.75) is 26.2 Å². The maximum Gasteiger partial charge on any atom is 0.216 e. The van der Waals surface area contributed by atoms with Crippen LogP contribution in [0.1, 0.15) is 35.7 Å². The van der Waals surface area contributed by atoms with Gasteiger partial charge in [-0.3, -0.25) is 4.79 Å². The Bertz CT molecular complexity index is 294. The van der Waals surface area contributed by atoms with E-state index in [1.54, 1.807) is 0 Å². The summed E-state index contributed by atoms with van der Waals surface area (Å²) in [5.74, 6) is 0. The van der Waals surface area contributed by atoms with Crippen LogP contribution >= 0.6 is 12.6 Å². The third-order valence-corrected chi connectivity index (χ3v) is 2.29. The third-order valence-electron chi connectivity index (χ3n) is 2.05. The molecule has 0 aromatic heterocycles. The zero-order valence-corrected chi connectivity index (χ0v) is 8.68. The lowest BCUT2D eigenvalue weighted by molar-refractivity contribution is 0.109. The molecule has 0 unspecified atom stereocenters. The summed E-state index contributed by atoms with van der Waals surface area (Å²) in [5, 5.41) is -0.133. The molecule has 0 aliphatic heterocycles. The fourth-order valence-electron chi connectivity index (χ4n) is 1.31. The van der Waals surface area contributed by atoms with Gasteiger partial charge >= 0.3 is 0 Å². The molecule has 1 rings (SSSR count). The van der Waals surface area contributed by atoms with Crippen LogP contribution in [-0.2, 0) is 6.42 Å². The Labute approximate surface area is 84.6 Å². The fraction of sp³-hybridized carbons (Fsp3) is 0.364. The molecule has 0 saturated carbocycles. The van der Waals surface area contributed by atoms with Crippen LogP contribution in [0.3, 0.4) is 0 Å². The minimum atomic E-state index is -0.133. The summed E-state index contributed by atoms with van der Waals surface area (Å²) < 4.78 is 0. The molecule has 70 valence electrons. The van der Waals surface area contributed by atoms with Crippen LogP contribution in [0.5, 0.6) is 0 Å². The molecule has 0 fully saturated rings. The molecule has 1 aromatic rings. The number of hydrogen-bond acceptors (Lipinski definition) is 1. The van der Waals surface area contributed by atoms with Crippen LogP contribution in [0.15, 0.2) is 24.3 Å². The topological polar surface area (TPSA) is 17.1 Å². The molecule has 0 atom stereocenters. The normalized spacial score (nSPS) is 10.0. The summed E-state index contributed by atoms with van der Waals surface area (Å²) in [6.07, 6.45) is 3.24. The van der Waals surface area contributed by atoms with Crippen molar-refractivity contribution in [1.82, 2.24) is 0 Å². The highest BCUT2D eigenvalue weighted by atomic mass is 32.1. The summed E-state index contributed by atoms with van der Waals surface area (Å²) in [4.78, 5) is 11.1. The van der Waals surface area contributed by atoms with E-state index in [1.807, 2.05) is 24.3 Å². The number of rotatable bonds is 4. The minimum absolute atomic E-state index is 0.133. The smallest absolute Gasteiger partial charge is 0.216 e. The Kier molecular flexibility index (Phi) is 4.03. The van der Waals surface area contributed by atoms with Gasteiger partial charge < -0.3 is 0 Å². The lowest BCUT2D eigenvalue weighted by Crippen LogP contribution is -1.97. The first kappa shape index (κ1) is 10.3. The van der Waals surface area contributed by atoms with Crippen LogP contribution < -0.4 is 0 Å². The zero-order valence-electron chi connectivity index (χ0n) is 7.79. The van der Waals surface area contributed by atoms with Gasteiger partial charge in [-0.15, -0.1) is 12.6 Å². The second-order valence-corrected chi connectivity index (χ2v) is 3.47. The van der Waals surface area contributed by atoms with Gasteiger partial charge in [-0.05, 0) is 18.4 Å². The highest BCUT2D eigenvalue weighted by molar-refractivity contribution is 7.97. The summed E-state index contributed by atoms with van der Waals surface area (Å²) in [5.41, 5.74) is 1.86. The number of aryl methyl sites for hydroxylation is 1. The highest BCUT2D eigenvalue weighted by Gasteiger charge is 2.05. The number of carbonyl (C=O) groups excluding carboxylic acids is 1. The maximum absolute atomic E-state index is 11.1. The largest absolute Gasteiger partial charge is 0.282 e. The van der Waals surface area contributed by atoms with Crippen molar-refractivity contribution >= 4 is 17.7 Å². The van der Waals surface area contributed by atoms with E-state index < -0.39 is 0 Å². The molecule has 0 N–H and O–H groups in total. The molecule has 0 radical (unpaired) electrons. The van der Waals surface area contributed by atoms with E-state index in [9.17, 15) is 4.79 Å². The molecule has 0 aliphatic carbocycles. The van der Waals surface area contributed by atoms with E-state index >= 15 is 0 Å². The van der Waals surface area contributed by atoms with Gasteiger partial charge in [0.2, 0.25) is 5.12 Å². The predicted octanol–water partition coefficient (Wildman–Crippen LogP) is 3.10. The van der Waals surface area contributed by atoms with Gasteiger partial charge in [-0.1, -0.05) is 37.6 Å². The van der Waals surface area contributed by atoms with E-state index in [-0.39, 0.29) is 5.12 Å².